The fraction of sp³-hybridized carbons (Fsp3) is 0.133. The number of rotatable bonds is 2. The molecule has 2 nitrogen and oxygen atoms in total. The van der Waals surface area contributed by atoms with Crippen molar-refractivity contribution in [1.29, 1.82) is 0 Å². The van der Waals surface area contributed by atoms with E-state index in [1.54, 1.807) is 7.11 Å². The zero-order chi connectivity index (χ0) is 12.3. The highest BCUT2D eigenvalue weighted by Gasteiger charge is 2.07. The van der Waals surface area contributed by atoms with Crippen molar-refractivity contribution in [2.24, 2.45) is 0 Å². The molecule has 0 fully saturated rings. The molecule has 1 aromatic carbocycles. The molecule has 2 heteroatoms. The van der Waals surface area contributed by atoms with Crippen LogP contribution >= 0.6 is 0 Å². The van der Waals surface area contributed by atoms with Crippen molar-refractivity contribution >= 4 is 0 Å². The summed E-state index contributed by atoms with van der Waals surface area (Å²) in [4.78, 5) is 4.38. The maximum atomic E-state index is 5.40. The number of ether oxygens (including phenoxy) is 1. The van der Waals surface area contributed by atoms with Gasteiger partial charge in [0.2, 0.25) is 0 Å². The van der Waals surface area contributed by atoms with Crippen LogP contribution in [-0.2, 0) is 0 Å². The maximum absolute atomic E-state index is 5.40. The number of nitrogens with zero attached hydrogens (tertiary/aromatic N) is 1. The summed E-state index contributed by atoms with van der Waals surface area (Å²) in [7, 11) is 1.64. The van der Waals surface area contributed by atoms with Crippen molar-refractivity contribution in [1.82, 2.24) is 4.98 Å². The molecule has 0 aliphatic rings. The van der Waals surface area contributed by atoms with Gasteiger partial charge in [0.1, 0.15) is 5.75 Å². The van der Waals surface area contributed by atoms with Crippen LogP contribution in [0.1, 0.15) is 11.1 Å². The molecule has 0 atom stereocenters. The van der Waals surface area contributed by atoms with Gasteiger partial charge in [-0.3, -0.25) is 4.98 Å². The Bertz CT molecular complexity index is 564. The predicted molar refractivity (Wildman–Crippen MR) is 68.9 cm³/mol. The number of benzene rings is 1. The molecule has 0 unspecified atom stereocenters. The van der Waals surface area contributed by atoms with Crippen molar-refractivity contribution in [2.75, 3.05) is 7.11 Å². The zero-order valence-corrected chi connectivity index (χ0v) is 9.90. The van der Waals surface area contributed by atoms with Crippen molar-refractivity contribution < 1.29 is 4.74 Å². The fourth-order valence-electron chi connectivity index (χ4n) is 1.63. The van der Waals surface area contributed by atoms with Crippen LogP contribution in [0.3, 0.4) is 0 Å². The molecule has 1 aromatic heterocycles. The van der Waals surface area contributed by atoms with Gasteiger partial charge in [-0.2, -0.15) is 0 Å². The van der Waals surface area contributed by atoms with Crippen LogP contribution in [0.25, 0.3) is 11.3 Å². The fourth-order valence-corrected chi connectivity index (χ4v) is 1.63. The Morgan fingerprint density at radius 3 is 2.65 bits per heavy atom. The molecule has 0 spiro atoms. The average molecular weight is 223 g/mol. The topological polar surface area (TPSA) is 22.1 Å². The smallest absolute Gasteiger partial charge is 0.128 e. The van der Waals surface area contributed by atoms with Crippen molar-refractivity contribution in [3.05, 3.63) is 47.7 Å². The Morgan fingerprint density at radius 2 is 2.06 bits per heavy atom. The zero-order valence-electron chi connectivity index (χ0n) is 9.90. The highest BCUT2D eigenvalue weighted by molar-refractivity contribution is 5.69. The average Bonchev–Trinajstić information content (AvgIpc) is 2.39. The summed E-state index contributed by atoms with van der Waals surface area (Å²) in [6.45, 7) is 2.01. The molecule has 84 valence electrons. The summed E-state index contributed by atoms with van der Waals surface area (Å²) in [5.74, 6) is 3.39. The summed E-state index contributed by atoms with van der Waals surface area (Å²) in [6.07, 6.45) is 7.23. The lowest BCUT2D eigenvalue weighted by Crippen LogP contribution is -1.91. The predicted octanol–water partition coefficient (Wildman–Crippen LogP) is 3.05. The van der Waals surface area contributed by atoms with Crippen molar-refractivity contribution in [3.63, 3.8) is 0 Å². The van der Waals surface area contributed by atoms with E-state index in [1.165, 1.54) is 0 Å². The van der Waals surface area contributed by atoms with E-state index in [0.29, 0.717) is 0 Å². The Morgan fingerprint density at radius 1 is 1.24 bits per heavy atom. The van der Waals surface area contributed by atoms with Crippen LogP contribution in [0.15, 0.2) is 36.5 Å². The lowest BCUT2D eigenvalue weighted by atomic mass is 10.1. The molecule has 0 aliphatic heterocycles. The Hall–Kier alpha value is -2.27. The largest absolute Gasteiger partial charge is 0.496 e. The van der Waals surface area contributed by atoms with Crippen LogP contribution in [0.2, 0.25) is 0 Å². The summed E-state index contributed by atoms with van der Waals surface area (Å²) in [5.41, 5.74) is 3.73. The second-order valence-electron chi connectivity index (χ2n) is 3.78. The van der Waals surface area contributed by atoms with E-state index in [0.717, 1.165) is 28.1 Å². The minimum Gasteiger partial charge on any atom is -0.496 e. The van der Waals surface area contributed by atoms with Gasteiger partial charge in [-0.25, -0.2) is 0 Å². The second-order valence-corrected chi connectivity index (χ2v) is 3.78. The normalized spacial score (nSPS) is 9.71. The lowest BCUT2D eigenvalue weighted by molar-refractivity contribution is 0.416. The Balaban J connectivity index is 2.56. The van der Waals surface area contributed by atoms with Gasteiger partial charge >= 0.3 is 0 Å². The maximum Gasteiger partial charge on any atom is 0.128 e. The van der Waals surface area contributed by atoms with Gasteiger partial charge in [-0.1, -0.05) is 12.0 Å². The Labute approximate surface area is 101 Å². The van der Waals surface area contributed by atoms with E-state index >= 15 is 0 Å². The molecular weight excluding hydrogens is 210 g/mol. The number of terminal acetylenes is 1. The van der Waals surface area contributed by atoms with Crippen LogP contribution in [-0.4, -0.2) is 12.1 Å². The van der Waals surface area contributed by atoms with Gasteiger partial charge in [-0.15, -0.1) is 6.42 Å². The summed E-state index contributed by atoms with van der Waals surface area (Å²) in [6, 6.07) is 9.62. The molecule has 0 bridgehead atoms. The summed E-state index contributed by atoms with van der Waals surface area (Å²) < 4.78 is 5.32. The molecule has 17 heavy (non-hydrogen) atoms. The number of hydrogen-bond donors (Lipinski definition) is 0. The first-order chi connectivity index (χ1) is 8.24. The molecule has 0 amide bonds. The number of methoxy groups -OCH3 is 1. The highest BCUT2D eigenvalue weighted by atomic mass is 16.5. The van der Waals surface area contributed by atoms with E-state index in [2.05, 4.69) is 10.9 Å². The minimum absolute atomic E-state index is 0.778. The molecule has 2 aromatic rings. The number of pyridine rings is 1. The van der Waals surface area contributed by atoms with Gasteiger partial charge in [0.05, 0.1) is 12.8 Å². The van der Waals surface area contributed by atoms with Crippen molar-refractivity contribution in [3.8, 4) is 29.4 Å². The van der Waals surface area contributed by atoms with Gasteiger partial charge < -0.3 is 4.74 Å². The van der Waals surface area contributed by atoms with E-state index in [1.807, 2.05) is 43.5 Å². The third-order valence-corrected chi connectivity index (χ3v) is 2.55. The van der Waals surface area contributed by atoms with Gasteiger partial charge in [0, 0.05) is 17.3 Å². The van der Waals surface area contributed by atoms with E-state index in [4.69, 9.17) is 11.2 Å². The quantitative estimate of drug-likeness (QED) is 0.730. The third-order valence-electron chi connectivity index (χ3n) is 2.55. The summed E-state index contributed by atoms with van der Waals surface area (Å²) >= 11 is 0. The first-order valence-corrected chi connectivity index (χ1v) is 5.32. The minimum atomic E-state index is 0.778. The van der Waals surface area contributed by atoms with Crippen LogP contribution in [0.5, 0.6) is 5.75 Å². The molecule has 1 heterocycles. The van der Waals surface area contributed by atoms with E-state index in [9.17, 15) is 0 Å². The van der Waals surface area contributed by atoms with Gasteiger partial charge in [-0.05, 0) is 36.8 Å². The Kier molecular flexibility index (Phi) is 3.11. The molecule has 0 saturated heterocycles. The van der Waals surface area contributed by atoms with Gasteiger partial charge in [0.25, 0.3) is 0 Å². The molecular formula is C15H13NO. The lowest BCUT2D eigenvalue weighted by Gasteiger charge is -2.08. The van der Waals surface area contributed by atoms with E-state index in [-0.39, 0.29) is 0 Å². The first kappa shape index (κ1) is 11.2. The van der Waals surface area contributed by atoms with Crippen LogP contribution in [0.4, 0.5) is 0 Å². The molecule has 0 N–H and O–H groups in total. The van der Waals surface area contributed by atoms with Gasteiger partial charge in [0.15, 0.2) is 0 Å². The van der Waals surface area contributed by atoms with E-state index < -0.39 is 0 Å². The number of hydrogen-bond acceptors (Lipinski definition) is 2. The monoisotopic (exact) mass is 223 g/mol. The SMILES string of the molecule is C#Cc1ccc(OC)c(-c2ccc(C)cn2)c1. The number of aryl methyl sites for hydroxylation is 1. The standard InChI is InChI=1S/C15H13NO/c1-4-12-6-8-15(17-3)13(9-12)14-7-5-11(2)10-16-14/h1,5-10H,2-3H3. The summed E-state index contributed by atoms with van der Waals surface area (Å²) in [5, 5.41) is 0. The molecule has 0 saturated carbocycles. The highest BCUT2D eigenvalue weighted by Crippen LogP contribution is 2.29. The van der Waals surface area contributed by atoms with Crippen LogP contribution in [0, 0.1) is 19.3 Å². The van der Waals surface area contributed by atoms with Crippen LogP contribution < -0.4 is 4.74 Å². The third kappa shape index (κ3) is 2.29. The molecule has 0 aliphatic carbocycles. The molecule has 0 radical (unpaired) electrons. The van der Waals surface area contributed by atoms with Crippen molar-refractivity contribution in [2.45, 2.75) is 6.92 Å². The molecule has 2 rings (SSSR count). The number of aromatic nitrogens is 1. The first-order valence-electron chi connectivity index (χ1n) is 5.32. The second kappa shape index (κ2) is 4.71.